The molecule has 1 aromatic carbocycles. The Morgan fingerprint density at radius 1 is 1.28 bits per heavy atom. The molecule has 1 heterocycles. The molecule has 0 unspecified atom stereocenters. The number of fused-ring (bicyclic) bond motifs is 1. The first-order valence-corrected chi connectivity index (χ1v) is 6.51. The van der Waals surface area contributed by atoms with Crippen molar-refractivity contribution in [1.82, 2.24) is 10.3 Å². The average molecular weight is 242 g/mol. The predicted molar refractivity (Wildman–Crippen MR) is 72.3 cm³/mol. The lowest BCUT2D eigenvalue weighted by Crippen LogP contribution is -2.53. The summed E-state index contributed by atoms with van der Waals surface area (Å²) in [7, 11) is 0. The van der Waals surface area contributed by atoms with Crippen molar-refractivity contribution in [3.8, 4) is 0 Å². The van der Waals surface area contributed by atoms with Gasteiger partial charge in [-0.15, -0.1) is 0 Å². The molecule has 94 valence electrons. The van der Waals surface area contributed by atoms with Gasteiger partial charge in [0.15, 0.2) is 0 Å². The number of nitrogens with zero attached hydrogens (tertiary/aromatic N) is 1. The number of hydrogen-bond acceptors (Lipinski definition) is 3. The van der Waals surface area contributed by atoms with Crippen molar-refractivity contribution >= 4 is 10.8 Å². The molecule has 0 spiro atoms. The van der Waals surface area contributed by atoms with Gasteiger partial charge >= 0.3 is 0 Å². The second kappa shape index (κ2) is 4.67. The first-order valence-electron chi connectivity index (χ1n) is 6.51. The number of aromatic nitrogens is 1. The maximum absolute atomic E-state index is 9.46. The Hall–Kier alpha value is -1.45. The molecule has 1 saturated carbocycles. The topological polar surface area (TPSA) is 45.1 Å². The number of pyridine rings is 1. The fraction of sp³-hybridized carbons (Fsp3) is 0.400. The number of rotatable bonds is 4. The van der Waals surface area contributed by atoms with E-state index in [1.807, 2.05) is 12.4 Å². The molecule has 0 atom stereocenters. The van der Waals surface area contributed by atoms with Crippen LogP contribution in [-0.4, -0.2) is 22.2 Å². The van der Waals surface area contributed by atoms with Crippen molar-refractivity contribution in [3.63, 3.8) is 0 Å². The van der Waals surface area contributed by atoms with Crippen LogP contribution in [0.1, 0.15) is 24.8 Å². The van der Waals surface area contributed by atoms with Gasteiger partial charge in [-0.2, -0.15) is 0 Å². The summed E-state index contributed by atoms with van der Waals surface area (Å²) in [5.74, 6) is 0. The summed E-state index contributed by atoms with van der Waals surface area (Å²) in [6.07, 6.45) is 7.10. The smallest absolute Gasteiger partial charge is 0.0613 e. The Morgan fingerprint density at radius 3 is 2.89 bits per heavy atom. The van der Waals surface area contributed by atoms with Crippen LogP contribution in [-0.2, 0) is 6.54 Å². The van der Waals surface area contributed by atoms with E-state index < -0.39 is 0 Å². The zero-order chi connectivity index (χ0) is 12.4. The van der Waals surface area contributed by atoms with E-state index in [0.717, 1.165) is 19.4 Å². The molecule has 18 heavy (non-hydrogen) atoms. The number of benzene rings is 1. The molecule has 1 aromatic heterocycles. The second-order valence-electron chi connectivity index (χ2n) is 5.16. The first kappa shape index (κ1) is 11.6. The number of aliphatic hydroxyl groups is 1. The number of aliphatic hydroxyl groups excluding tert-OH is 1. The summed E-state index contributed by atoms with van der Waals surface area (Å²) >= 11 is 0. The number of nitrogens with one attached hydrogen (secondary N) is 1. The predicted octanol–water partition coefficient (Wildman–Crippen LogP) is 2.24. The molecule has 1 aliphatic rings. The van der Waals surface area contributed by atoms with Crippen molar-refractivity contribution in [3.05, 3.63) is 42.2 Å². The molecule has 0 saturated heterocycles. The van der Waals surface area contributed by atoms with Crippen LogP contribution >= 0.6 is 0 Å². The minimum Gasteiger partial charge on any atom is -0.394 e. The summed E-state index contributed by atoms with van der Waals surface area (Å²) in [6, 6.07) is 8.34. The van der Waals surface area contributed by atoms with Crippen molar-refractivity contribution in [2.75, 3.05) is 6.61 Å². The summed E-state index contributed by atoms with van der Waals surface area (Å²) in [5, 5.41) is 15.4. The summed E-state index contributed by atoms with van der Waals surface area (Å²) in [5.41, 5.74) is 1.24. The van der Waals surface area contributed by atoms with Crippen molar-refractivity contribution < 1.29 is 5.11 Å². The Morgan fingerprint density at radius 2 is 2.17 bits per heavy atom. The van der Waals surface area contributed by atoms with Crippen LogP contribution in [0.25, 0.3) is 10.8 Å². The molecule has 1 fully saturated rings. The third-order valence-corrected chi connectivity index (χ3v) is 4.04. The van der Waals surface area contributed by atoms with Crippen LogP contribution in [0.2, 0.25) is 0 Å². The summed E-state index contributed by atoms with van der Waals surface area (Å²) < 4.78 is 0. The van der Waals surface area contributed by atoms with Gasteiger partial charge in [-0.25, -0.2) is 0 Å². The molecule has 3 nitrogen and oxygen atoms in total. The van der Waals surface area contributed by atoms with Gasteiger partial charge in [0.2, 0.25) is 0 Å². The zero-order valence-electron chi connectivity index (χ0n) is 10.4. The highest BCUT2D eigenvalue weighted by Gasteiger charge is 2.35. The van der Waals surface area contributed by atoms with Crippen molar-refractivity contribution in [2.24, 2.45) is 0 Å². The SMILES string of the molecule is OCC1(NCc2cccc3cnccc23)CCC1. The zero-order valence-corrected chi connectivity index (χ0v) is 10.4. The first-order chi connectivity index (χ1) is 8.83. The Balaban J connectivity index is 1.82. The van der Waals surface area contributed by atoms with Crippen LogP contribution < -0.4 is 5.32 Å². The van der Waals surface area contributed by atoms with E-state index in [1.165, 1.54) is 22.8 Å². The average Bonchev–Trinajstić information content (AvgIpc) is 2.38. The van der Waals surface area contributed by atoms with Crippen LogP contribution in [0.15, 0.2) is 36.7 Å². The lowest BCUT2D eigenvalue weighted by Gasteiger charge is -2.41. The van der Waals surface area contributed by atoms with E-state index >= 15 is 0 Å². The highest BCUT2D eigenvalue weighted by molar-refractivity contribution is 5.84. The highest BCUT2D eigenvalue weighted by atomic mass is 16.3. The maximum Gasteiger partial charge on any atom is 0.0613 e. The molecular formula is C15H18N2O. The van der Waals surface area contributed by atoms with Gasteiger partial charge in [-0.1, -0.05) is 18.2 Å². The van der Waals surface area contributed by atoms with E-state index in [1.54, 1.807) is 0 Å². The third-order valence-electron chi connectivity index (χ3n) is 4.04. The lowest BCUT2D eigenvalue weighted by atomic mass is 9.77. The minimum atomic E-state index is -0.0325. The van der Waals surface area contributed by atoms with E-state index in [4.69, 9.17) is 0 Å². The highest BCUT2D eigenvalue weighted by Crippen LogP contribution is 2.31. The monoisotopic (exact) mass is 242 g/mol. The van der Waals surface area contributed by atoms with Gasteiger partial charge in [-0.05, 0) is 36.3 Å². The van der Waals surface area contributed by atoms with Crippen LogP contribution in [0, 0.1) is 0 Å². The Labute approximate surface area is 107 Å². The Bertz CT molecular complexity index is 538. The maximum atomic E-state index is 9.46. The van der Waals surface area contributed by atoms with Gasteiger partial charge in [0.05, 0.1) is 6.61 Å². The summed E-state index contributed by atoms with van der Waals surface area (Å²) in [4.78, 5) is 4.15. The molecule has 1 aliphatic carbocycles. The fourth-order valence-electron chi connectivity index (χ4n) is 2.62. The molecule has 3 heteroatoms. The minimum absolute atomic E-state index is 0.0325. The normalized spacial score (nSPS) is 17.6. The fourth-order valence-corrected chi connectivity index (χ4v) is 2.62. The lowest BCUT2D eigenvalue weighted by molar-refractivity contribution is 0.0873. The van der Waals surface area contributed by atoms with Gasteiger partial charge in [0, 0.05) is 29.9 Å². The van der Waals surface area contributed by atoms with Gasteiger partial charge in [0.25, 0.3) is 0 Å². The quantitative estimate of drug-likeness (QED) is 0.864. The molecule has 2 aromatic rings. The van der Waals surface area contributed by atoms with Crippen LogP contribution in [0.5, 0.6) is 0 Å². The van der Waals surface area contributed by atoms with E-state index in [9.17, 15) is 5.11 Å². The van der Waals surface area contributed by atoms with E-state index in [-0.39, 0.29) is 12.1 Å². The molecule has 2 N–H and O–H groups in total. The third kappa shape index (κ3) is 2.00. The molecule has 0 radical (unpaired) electrons. The Kier molecular flexibility index (Phi) is 3.02. The molecule has 0 amide bonds. The van der Waals surface area contributed by atoms with E-state index in [0.29, 0.717) is 0 Å². The number of hydrogen-bond donors (Lipinski definition) is 2. The van der Waals surface area contributed by atoms with Crippen LogP contribution in [0.4, 0.5) is 0 Å². The molecule has 0 aliphatic heterocycles. The largest absolute Gasteiger partial charge is 0.394 e. The van der Waals surface area contributed by atoms with Gasteiger partial charge in [0.1, 0.15) is 0 Å². The standard InChI is InChI=1S/C15H18N2O/c18-11-15(6-2-7-15)17-10-13-4-1-3-12-9-16-8-5-14(12)13/h1,3-5,8-9,17-18H,2,6-7,10-11H2. The van der Waals surface area contributed by atoms with Crippen LogP contribution in [0.3, 0.4) is 0 Å². The second-order valence-corrected chi connectivity index (χ2v) is 5.16. The van der Waals surface area contributed by atoms with Gasteiger partial charge < -0.3 is 10.4 Å². The summed E-state index contributed by atoms with van der Waals surface area (Å²) in [6.45, 7) is 1.04. The van der Waals surface area contributed by atoms with Crippen molar-refractivity contribution in [1.29, 1.82) is 0 Å². The molecular weight excluding hydrogens is 224 g/mol. The van der Waals surface area contributed by atoms with Crippen molar-refractivity contribution in [2.45, 2.75) is 31.3 Å². The van der Waals surface area contributed by atoms with Gasteiger partial charge in [-0.3, -0.25) is 4.98 Å². The molecule has 0 bridgehead atoms. The molecule has 3 rings (SSSR count). The van der Waals surface area contributed by atoms with E-state index in [2.05, 4.69) is 34.6 Å².